The number of anilines is 1. The largest absolute Gasteiger partial charge is 0.368 e. The van der Waals surface area contributed by atoms with Crippen molar-refractivity contribution >= 4 is 21.4 Å². The number of rotatable bonds is 4. The molecule has 2 rings (SSSR count). The fourth-order valence-corrected chi connectivity index (χ4v) is 4.06. The molecule has 6 heteroatoms. The van der Waals surface area contributed by atoms with Crippen LogP contribution in [0, 0.1) is 6.92 Å². The van der Waals surface area contributed by atoms with E-state index in [2.05, 4.69) is 30.0 Å². The van der Waals surface area contributed by atoms with Gasteiger partial charge in [-0.15, -0.1) is 0 Å². The highest BCUT2D eigenvalue weighted by atomic mass is 32.2. The summed E-state index contributed by atoms with van der Waals surface area (Å²) in [6.45, 7) is 9.37. The second kappa shape index (κ2) is 6.91. The molecule has 1 aliphatic heterocycles. The summed E-state index contributed by atoms with van der Waals surface area (Å²) in [5.41, 5.74) is 2.36. The lowest BCUT2D eigenvalue weighted by Gasteiger charge is -2.37. The number of piperazine rings is 1. The van der Waals surface area contributed by atoms with Crippen LogP contribution < -0.4 is 4.90 Å². The third-order valence-corrected chi connectivity index (χ3v) is 6.96. The first-order valence-electron chi connectivity index (χ1n) is 8.06. The first kappa shape index (κ1) is 17.8. The molecule has 5 nitrogen and oxygen atoms in total. The van der Waals surface area contributed by atoms with Crippen LogP contribution in [0.3, 0.4) is 0 Å². The van der Waals surface area contributed by atoms with Crippen LogP contribution in [0.2, 0.25) is 0 Å². The Balaban J connectivity index is 2.00. The van der Waals surface area contributed by atoms with Gasteiger partial charge in [0.2, 0.25) is 5.91 Å². The summed E-state index contributed by atoms with van der Waals surface area (Å²) >= 11 is 0. The molecule has 0 aliphatic carbocycles. The van der Waals surface area contributed by atoms with E-state index in [9.17, 15) is 13.2 Å². The van der Waals surface area contributed by atoms with E-state index in [4.69, 9.17) is 0 Å². The third-order valence-electron chi connectivity index (χ3n) is 4.46. The lowest BCUT2D eigenvalue weighted by atomic mass is 10.2. The number of hydrogen-bond acceptors (Lipinski definition) is 4. The molecule has 1 amide bonds. The Kier molecular flexibility index (Phi) is 5.34. The van der Waals surface area contributed by atoms with E-state index in [1.807, 2.05) is 6.07 Å². The number of aryl methyl sites for hydroxylation is 1. The van der Waals surface area contributed by atoms with Gasteiger partial charge in [-0.25, -0.2) is 8.42 Å². The minimum absolute atomic E-state index is 0.275. The van der Waals surface area contributed by atoms with Crippen LogP contribution in [0.15, 0.2) is 24.3 Å². The Morgan fingerprint density at radius 1 is 1.09 bits per heavy atom. The summed E-state index contributed by atoms with van der Waals surface area (Å²) in [6, 6.07) is 8.28. The van der Waals surface area contributed by atoms with E-state index in [1.165, 1.54) is 12.5 Å². The van der Waals surface area contributed by atoms with Crippen LogP contribution in [0.5, 0.6) is 0 Å². The average Bonchev–Trinajstić information content (AvgIpc) is 2.53. The predicted octanol–water partition coefficient (Wildman–Crippen LogP) is 1.86. The molecule has 0 radical (unpaired) electrons. The second-order valence-corrected chi connectivity index (χ2v) is 9.26. The lowest BCUT2D eigenvalue weighted by molar-refractivity contribution is -0.130. The molecular formula is C17H26N2O3S. The molecule has 0 saturated carbocycles. The molecule has 0 spiro atoms. The minimum atomic E-state index is -3.40. The predicted molar refractivity (Wildman–Crippen MR) is 93.5 cm³/mol. The van der Waals surface area contributed by atoms with E-state index < -0.39 is 20.3 Å². The van der Waals surface area contributed by atoms with Crippen LogP contribution in [0.1, 0.15) is 26.3 Å². The van der Waals surface area contributed by atoms with Crippen LogP contribution in [-0.2, 0) is 14.6 Å². The Morgan fingerprint density at radius 3 is 2.22 bits per heavy atom. The maximum Gasteiger partial charge on any atom is 0.240 e. The molecule has 1 aliphatic rings. The molecule has 1 heterocycles. The summed E-state index contributed by atoms with van der Waals surface area (Å²) in [4.78, 5) is 16.4. The fourth-order valence-electron chi connectivity index (χ4n) is 2.82. The average molecular weight is 338 g/mol. The van der Waals surface area contributed by atoms with Gasteiger partial charge in [-0.2, -0.15) is 0 Å². The number of carbonyl (C=O) groups excluding carboxylic acids is 1. The minimum Gasteiger partial charge on any atom is -0.368 e. The summed E-state index contributed by atoms with van der Waals surface area (Å²) in [5, 5.41) is -1.50. The van der Waals surface area contributed by atoms with Crippen molar-refractivity contribution in [1.29, 1.82) is 0 Å². The van der Waals surface area contributed by atoms with E-state index in [1.54, 1.807) is 18.7 Å². The van der Waals surface area contributed by atoms with Crippen molar-refractivity contribution in [2.24, 2.45) is 0 Å². The maximum atomic E-state index is 12.5. The van der Waals surface area contributed by atoms with Crippen molar-refractivity contribution < 1.29 is 13.2 Å². The van der Waals surface area contributed by atoms with E-state index in [0.29, 0.717) is 13.1 Å². The van der Waals surface area contributed by atoms with Crippen LogP contribution in [0.25, 0.3) is 0 Å². The molecule has 1 saturated heterocycles. The number of carbonyl (C=O) groups is 1. The zero-order valence-corrected chi connectivity index (χ0v) is 15.1. The Hall–Kier alpha value is -1.56. The highest BCUT2D eigenvalue weighted by molar-refractivity contribution is 7.93. The Morgan fingerprint density at radius 2 is 1.70 bits per heavy atom. The Labute approximate surface area is 139 Å². The van der Waals surface area contributed by atoms with Crippen LogP contribution in [-0.4, -0.2) is 55.9 Å². The molecule has 128 valence electrons. The maximum absolute atomic E-state index is 12.5. The summed E-state index contributed by atoms with van der Waals surface area (Å²) in [6.07, 6.45) is 0. The van der Waals surface area contributed by atoms with Gasteiger partial charge >= 0.3 is 0 Å². The van der Waals surface area contributed by atoms with Crippen molar-refractivity contribution in [3.8, 4) is 0 Å². The first-order chi connectivity index (χ1) is 10.7. The summed E-state index contributed by atoms with van der Waals surface area (Å²) in [7, 11) is -3.40. The Bertz CT molecular complexity index is 662. The van der Waals surface area contributed by atoms with Crippen LogP contribution >= 0.6 is 0 Å². The molecule has 0 aromatic heterocycles. The van der Waals surface area contributed by atoms with Gasteiger partial charge in [-0.1, -0.05) is 12.1 Å². The van der Waals surface area contributed by atoms with Gasteiger partial charge in [-0.05, 0) is 45.4 Å². The summed E-state index contributed by atoms with van der Waals surface area (Å²) < 4.78 is 24.4. The lowest BCUT2D eigenvalue weighted by Crippen LogP contribution is -2.52. The number of sulfone groups is 1. The quantitative estimate of drug-likeness (QED) is 0.841. The molecule has 1 unspecified atom stereocenters. The van der Waals surface area contributed by atoms with Gasteiger partial charge in [0.25, 0.3) is 0 Å². The molecule has 1 atom stereocenters. The molecule has 1 aromatic carbocycles. The van der Waals surface area contributed by atoms with Gasteiger partial charge in [0, 0.05) is 31.9 Å². The van der Waals surface area contributed by atoms with Gasteiger partial charge in [0.05, 0.1) is 5.25 Å². The molecule has 0 N–H and O–H groups in total. The highest BCUT2D eigenvalue weighted by Crippen LogP contribution is 2.19. The zero-order valence-electron chi connectivity index (χ0n) is 14.3. The van der Waals surface area contributed by atoms with Crippen molar-refractivity contribution in [1.82, 2.24) is 4.90 Å². The number of hydrogen-bond donors (Lipinski definition) is 0. The smallest absolute Gasteiger partial charge is 0.240 e. The molecule has 0 bridgehead atoms. The van der Waals surface area contributed by atoms with Gasteiger partial charge < -0.3 is 9.80 Å². The topological polar surface area (TPSA) is 57.7 Å². The van der Waals surface area contributed by atoms with Crippen molar-refractivity contribution in [3.05, 3.63) is 29.8 Å². The molecule has 23 heavy (non-hydrogen) atoms. The van der Waals surface area contributed by atoms with Gasteiger partial charge in [0.15, 0.2) is 9.84 Å². The SMILES string of the molecule is Cc1cccc(N2CCN(C(=O)C(C)S(=O)(=O)C(C)C)CC2)c1. The van der Waals surface area contributed by atoms with E-state index in [0.717, 1.165) is 18.8 Å². The second-order valence-electron chi connectivity index (χ2n) is 6.43. The zero-order chi connectivity index (χ0) is 17.2. The van der Waals surface area contributed by atoms with Crippen molar-refractivity contribution in [2.75, 3.05) is 31.1 Å². The number of nitrogens with zero attached hydrogens (tertiary/aromatic N) is 2. The fraction of sp³-hybridized carbons (Fsp3) is 0.588. The third kappa shape index (κ3) is 3.86. The van der Waals surface area contributed by atoms with Crippen molar-refractivity contribution in [2.45, 2.75) is 38.2 Å². The molecular weight excluding hydrogens is 312 g/mol. The molecule has 1 fully saturated rings. The summed E-state index contributed by atoms with van der Waals surface area (Å²) in [5.74, 6) is -0.275. The van der Waals surface area contributed by atoms with Crippen molar-refractivity contribution in [3.63, 3.8) is 0 Å². The first-order valence-corrected chi connectivity index (χ1v) is 9.67. The number of amides is 1. The normalized spacial score (nSPS) is 17.4. The standard InChI is InChI=1S/C17H26N2O3S/c1-13(2)23(21,22)15(4)17(20)19-10-8-18(9-11-19)16-7-5-6-14(3)12-16/h5-7,12-13,15H,8-11H2,1-4H3. The highest BCUT2D eigenvalue weighted by Gasteiger charge is 2.34. The van der Waals surface area contributed by atoms with E-state index in [-0.39, 0.29) is 5.91 Å². The van der Waals surface area contributed by atoms with Gasteiger partial charge in [-0.3, -0.25) is 4.79 Å². The van der Waals surface area contributed by atoms with Gasteiger partial charge in [0.1, 0.15) is 5.25 Å². The van der Waals surface area contributed by atoms with Crippen LogP contribution in [0.4, 0.5) is 5.69 Å². The number of benzene rings is 1. The van der Waals surface area contributed by atoms with E-state index >= 15 is 0 Å². The monoisotopic (exact) mass is 338 g/mol. The molecule has 1 aromatic rings.